The molecule has 1 aliphatic carbocycles. The number of hydrogen-bond acceptors (Lipinski definition) is 10. The highest BCUT2D eigenvalue weighted by molar-refractivity contribution is 5.97. The maximum absolute atomic E-state index is 15.1. The molecule has 6 bridgehead atoms. The summed E-state index contributed by atoms with van der Waals surface area (Å²) in [4.78, 5) is 82.2. The number of hydrogen-bond donors (Lipinski definition) is 2. The van der Waals surface area contributed by atoms with Crippen LogP contribution in [0, 0.1) is 35.0 Å². The monoisotopic (exact) mass is 1010 g/mol. The van der Waals surface area contributed by atoms with E-state index < -0.39 is 46.9 Å². The number of likely N-dealkylation sites (N-methyl/N-ethyl adjacent to an activating group) is 1. The van der Waals surface area contributed by atoms with Crippen LogP contribution in [0.2, 0.25) is 0 Å². The number of cyclic esters (lactones) is 1. The van der Waals surface area contributed by atoms with Crippen molar-refractivity contribution in [1.29, 1.82) is 0 Å². The van der Waals surface area contributed by atoms with E-state index in [0.717, 1.165) is 75.8 Å². The molecule has 5 heterocycles. The number of aromatic nitrogens is 2. The minimum atomic E-state index is -1.05. The van der Waals surface area contributed by atoms with Crippen molar-refractivity contribution in [2.75, 3.05) is 54.5 Å². The Balaban J connectivity index is 1.15. The SMILES string of the molecule is CCn1c(-c2cccnc2[C@H](C)OC)c2c3cc(ccc31)-c1cccc(c1)C[C@H](NC(=O)C(C1CCCC1)N(C)C(=O)[C@@H]1CN(C(=O)C#CC(C)(C)N(C)C)C[C@@H]1C)C(=O)N1CCC[C@H](N1)C(=O)OCC(C)(C)C2. The number of nitrogens with zero attached hydrogens (tertiary/aromatic N) is 6. The van der Waals surface area contributed by atoms with Crippen LogP contribution in [-0.2, 0) is 52.8 Å². The third-order valence-electron chi connectivity index (χ3n) is 16.3. The number of carbonyl (C=O) groups excluding carboxylic acids is 5. The number of aryl methyl sites for hydroxylation is 1. The van der Waals surface area contributed by atoms with Gasteiger partial charge in [0, 0.05) is 74.8 Å². The molecule has 2 N–H and O–H groups in total. The Kier molecular flexibility index (Phi) is 16.4. The molecule has 4 aliphatic rings. The zero-order valence-corrected chi connectivity index (χ0v) is 45.5. The first-order valence-electron chi connectivity index (χ1n) is 26.7. The Labute approximate surface area is 438 Å². The van der Waals surface area contributed by atoms with E-state index >= 15 is 4.79 Å². The maximum Gasteiger partial charge on any atom is 0.324 e. The van der Waals surface area contributed by atoms with Crippen LogP contribution in [0.3, 0.4) is 0 Å². The molecule has 1 saturated carbocycles. The Bertz CT molecular complexity index is 2820. The molecule has 3 fully saturated rings. The first kappa shape index (κ1) is 54.2. The van der Waals surface area contributed by atoms with Crippen molar-refractivity contribution in [3.63, 3.8) is 0 Å². The minimum Gasteiger partial charge on any atom is -0.464 e. The summed E-state index contributed by atoms with van der Waals surface area (Å²) < 4.78 is 14.4. The van der Waals surface area contributed by atoms with E-state index in [1.54, 1.807) is 30.2 Å². The summed E-state index contributed by atoms with van der Waals surface area (Å²) in [5.41, 5.74) is 10.0. The zero-order valence-electron chi connectivity index (χ0n) is 45.5. The second-order valence-electron chi connectivity index (χ2n) is 22.8. The van der Waals surface area contributed by atoms with Gasteiger partial charge in [-0.15, -0.1) is 0 Å². The first-order chi connectivity index (χ1) is 35.2. The maximum atomic E-state index is 15.1. The van der Waals surface area contributed by atoms with Crippen molar-refractivity contribution in [1.82, 2.24) is 40.0 Å². The van der Waals surface area contributed by atoms with Crippen molar-refractivity contribution >= 4 is 40.5 Å². The van der Waals surface area contributed by atoms with Gasteiger partial charge in [-0.2, -0.15) is 0 Å². The molecular weight excluding hydrogens is 933 g/mol. The average molecular weight is 1010 g/mol. The van der Waals surface area contributed by atoms with Crippen molar-refractivity contribution in [3.8, 4) is 34.2 Å². The van der Waals surface area contributed by atoms with Crippen molar-refractivity contribution in [2.45, 2.75) is 136 Å². The number of rotatable bonds is 10. The third-order valence-corrected chi connectivity index (χ3v) is 16.3. The molecule has 6 atom stereocenters. The second kappa shape index (κ2) is 22.4. The summed E-state index contributed by atoms with van der Waals surface area (Å²) in [6.45, 7) is 16.0. The average Bonchev–Trinajstić information content (AvgIpc) is 4.14. The lowest BCUT2D eigenvalue weighted by molar-refractivity contribution is -0.155. The van der Waals surface area contributed by atoms with Crippen LogP contribution in [-0.4, -0.2) is 137 Å². The van der Waals surface area contributed by atoms with Crippen LogP contribution in [0.1, 0.15) is 110 Å². The highest BCUT2D eigenvalue weighted by Crippen LogP contribution is 2.42. The molecule has 15 nitrogen and oxygen atoms in total. The predicted molar refractivity (Wildman–Crippen MR) is 287 cm³/mol. The number of pyridine rings is 1. The summed E-state index contributed by atoms with van der Waals surface area (Å²) >= 11 is 0. The molecule has 0 radical (unpaired) electrons. The number of likely N-dealkylation sites (tertiary alicyclic amines) is 1. The van der Waals surface area contributed by atoms with E-state index in [2.05, 4.69) is 84.3 Å². The van der Waals surface area contributed by atoms with Crippen molar-refractivity contribution in [2.24, 2.45) is 23.2 Å². The van der Waals surface area contributed by atoms with E-state index in [1.165, 1.54) is 5.01 Å². The Morgan fingerprint density at radius 2 is 1.74 bits per heavy atom. The van der Waals surface area contributed by atoms with Gasteiger partial charge in [0.2, 0.25) is 11.8 Å². The van der Waals surface area contributed by atoms with Crippen molar-refractivity contribution in [3.05, 3.63) is 77.6 Å². The fourth-order valence-corrected chi connectivity index (χ4v) is 11.5. The summed E-state index contributed by atoms with van der Waals surface area (Å²) in [5.74, 6) is 3.33. The number of hydrazine groups is 1. The highest BCUT2D eigenvalue weighted by atomic mass is 16.5. The molecule has 1 unspecified atom stereocenters. The van der Waals surface area contributed by atoms with Gasteiger partial charge in [-0.05, 0) is 138 Å². The summed E-state index contributed by atoms with van der Waals surface area (Å²) in [7, 11) is 7.21. The number of ether oxygens (including phenoxy) is 2. The normalized spacial score (nSPS) is 22.4. The van der Waals surface area contributed by atoms with Gasteiger partial charge in [0.15, 0.2) is 0 Å². The molecule has 396 valence electrons. The van der Waals surface area contributed by atoms with Gasteiger partial charge in [-0.1, -0.05) is 69.9 Å². The van der Waals surface area contributed by atoms with Crippen LogP contribution in [0.15, 0.2) is 60.8 Å². The Morgan fingerprint density at radius 1 is 1.00 bits per heavy atom. The van der Waals surface area contributed by atoms with Crippen LogP contribution in [0.5, 0.6) is 0 Å². The summed E-state index contributed by atoms with van der Waals surface area (Å²) in [6.07, 6.45) is 6.69. The topological polar surface area (TPSA) is 159 Å². The molecule has 2 saturated heterocycles. The Hall–Kier alpha value is -6.08. The second-order valence-corrected chi connectivity index (χ2v) is 22.8. The van der Waals surface area contributed by atoms with E-state index in [0.29, 0.717) is 38.9 Å². The quantitative estimate of drug-likeness (QED) is 0.123. The van der Waals surface area contributed by atoms with Crippen LogP contribution >= 0.6 is 0 Å². The number of nitrogens with one attached hydrogen (secondary N) is 2. The van der Waals surface area contributed by atoms with Gasteiger partial charge >= 0.3 is 5.97 Å². The summed E-state index contributed by atoms with van der Waals surface area (Å²) in [5, 5.41) is 5.74. The lowest BCUT2D eigenvalue weighted by atomic mass is 9.84. The number of amides is 4. The highest BCUT2D eigenvalue weighted by Gasteiger charge is 2.44. The third kappa shape index (κ3) is 11.4. The largest absolute Gasteiger partial charge is 0.464 e. The molecule has 0 spiro atoms. The minimum absolute atomic E-state index is 0.123. The van der Waals surface area contributed by atoms with Crippen LogP contribution in [0.4, 0.5) is 0 Å². The molecule has 4 aromatic rings. The molecule has 2 aromatic heterocycles. The van der Waals surface area contributed by atoms with Crippen LogP contribution in [0.25, 0.3) is 33.3 Å². The van der Waals surface area contributed by atoms with Gasteiger partial charge in [0.05, 0.1) is 35.6 Å². The number of carbonyl (C=O) groups is 5. The molecule has 3 aliphatic heterocycles. The fraction of sp³-hybridized carbons (Fsp3) is 0.559. The first-order valence-corrected chi connectivity index (χ1v) is 26.7. The molecular formula is C59H78N8O7. The van der Waals surface area contributed by atoms with Crippen molar-refractivity contribution < 1.29 is 33.4 Å². The summed E-state index contributed by atoms with van der Waals surface area (Å²) in [6, 6.07) is 16.1. The lowest BCUT2D eigenvalue weighted by Gasteiger charge is -2.37. The van der Waals surface area contributed by atoms with Gasteiger partial charge in [0.1, 0.15) is 18.1 Å². The molecule has 2 aromatic carbocycles. The molecule has 74 heavy (non-hydrogen) atoms. The van der Waals surface area contributed by atoms with Gasteiger partial charge in [-0.25, -0.2) is 5.43 Å². The Morgan fingerprint density at radius 3 is 2.46 bits per heavy atom. The zero-order chi connectivity index (χ0) is 53.2. The van der Waals surface area contributed by atoms with Crippen LogP contribution < -0.4 is 10.7 Å². The van der Waals surface area contributed by atoms with Gasteiger partial charge in [-0.3, -0.25) is 38.9 Å². The van der Waals surface area contributed by atoms with E-state index in [-0.39, 0.29) is 55.2 Å². The fourth-order valence-electron chi connectivity index (χ4n) is 11.5. The number of benzene rings is 2. The van der Waals surface area contributed by atoms with Gasteiger partial charge in [0.25, 0.3) is 11.8 Å². The molecule has 4 amide bonds. The molecule has 8 rings (SSSR count). The smallest absolute Gasteiger partial charge is 0.324 e. The number of esters is 1. The van der Waals surface area contributed by atoms with E-state index in [1.807, 2.05) is 64.9 Å². The number of methoxy groups -OCH3 is 1. The number of fused-ring (bicyclic) bond motifs is 6. The standard InChI is InChI=1S/C59H78N8O7/c1-12-66-49-25-24-42-32-44(49)45(53(66)43-22-16-28-60-51(43)38(3)73-11)33-58(4,5)36-74-57(72)47-23-17-29-67(62-47)56(71)48(31-39-18-15-21-41(42)30-39)61-54(69)52(40-19-13-14-20-40)64(10)55(70)46-35-65(34-37(46)2)50(68)26-27-59(6,7)63(8)9/h15-16,18,21-22,24-25,28,30,32,37-38,40,46-48,52,62H,12-14,17,19-20,23,29,31,33-36H2,1-11H3,(H,61,69)/t37-,38-,46+,47-,48-,52?/m0/s1. The van der Waals surface area contributed by atoms with E-state index in [4.69, 9.17) is 14.5 Å². The predicted octanol–water partition coefficient (Wildman–Crippen LogP) is 7.20. The lowest BCUT2D eigenvalue weighted by Crippen LogP contribution is -2.62. The van der Waals surface area contributed by atoms with E-state index in [9.17, 15) is 19.2 Å². The van der Waals surface area contributed by atoms with Gasteiger partial charge < -0.3 is 29.2 Å². The molecule has 15 heteroatoms.